The quantitative estimate of drug-likeness (QED) is 0.821. The first-order valence-corrected chi connectivity index (χ1v) is 7.78. The number of carbonyl (C=O) groups is 2. The first-order valence-electron chi connectivity index (χ1n) is 7.78. The molecule has 0 saturated heterocycles. The van der Waals surface area contributed by atoms with E-state index in [9.17, 15) is 9.59 Å². The highest BCUT2D eigenvalue weighted by atomic mass is 16.5. The third kappa shape index (κ3) is 3.68. The van der Waals surface area contributed by atoms with Crippen LogP contribution in [0.4, 0.5) is 5.69 Å². The van der Waals surface area contributed by atoms with Crippen molar-refractivity contribution in [3.8, 4) is 0 Å². The minimum Gasteiger partial charge on any atom is -0.466 e. The van der Waals surface area contributed by atoms with Crippen molar-refractivity contribution in [3.63, 3.8) is 0 Å². The summed E-state index contributed by atoms with van der Waals surface area (Å²) in [6.45, 7) is 2.14. The van der Waals surface area contributed by atoms with Gasteiger partial charge in [-0.2, -0.15) is 5.10 Å². The van der Waals surface area contributed by atoms with Crippen molar-refractivity contribution in [2.45, 2.75) is 26.2 Å². The number of amides is 1. The summed E-state index contributed by atoms with van der Waals surface area (Å²) in [5, 5.41) is 5.78. The van der Waals surface area contributed by atoms with Gasteiger partial charge >= 0.3 is 5.97 Å². The number of hydrogen-bond donors (Lipinski definition) is 1. The second kappa shape index (κ2) is 7.08. The average Bonchev–Trinajstić information content (AvgIpc) is 3.18. The number of ether oxygens (including phenoxy) is 1. The molecule has 1 aliphatic rings. The van der Waals surface area contributed by atoms with Crippen LogP contribution in [0.2, 0.25) is 0 Å². The second-order valence-electron chi connectivity index (χ2n) is 5.41. The topological polar surface area (TPSA) is 87.7 Å². The van der Waals surface area contributed by atoms with E-state index in [1.807, 2.05) is 0 Å². The molecule has 124 valence electrons. The summed E-state index contributed by atoms with van der Waals surface area (Å²) < 4.78 is 4.92. The number of aromatic nitrogens is 2. The van der Waals surface area contributed by atoms with E-state index in [2.05, 4.69) is 15.1 Å². The molecule has 1 amide bonds. The lowest BCUT2D eigenvalue weighted by Gasteiger charge is -2.12. The molecule has 24 heavy (non-hydrogen) atoms. The molecule has 0 aliphatic carbocycles. The highest BCUT2D eigenvalue weighted by Crippen LogP contribution is 2.22. The number of rotatable bonds is 6. The predicted octanol–water partition coefficient (Wildman–Crippen LogP) is 1.85. The number of hydrazone groups is 1. The largest absolute Gasteiger partial charge is 0.466 e. The number of H-pyrrole nitrogens is 1. The molecule has 7 heteroatoms. The van der Waals surface area contributed by atoms with E-state index >= 15 is 0 Å². The number of anilines is 1. The fourth-order valence-electron chi connectivity index (χ4n) is 2.50. The zero-order chi connectivity index (χ0) is 16.9. The summed E-state index contributed by atoms with van der Waals surface area (Å²) in [6, 6.07) is 7.18. The normalized spacial score (nSPS) is 14.0. The van der Waals surface area contributed by atoms with Crippen molar-refractivity contribution in [3.05, 3.63) is 48.0 Å². The van der Waals surface area contributed by atoms with Gasteiger partial charge in [-0.05, 0) is 24.6 Å². The SMILES string of the molecule is CCOC(=O)Cc1ccc(N2N=C(Cc3ncc[nH]3)CC2=O)cc1. The minimum absolute atomic E-state index is 0.0744. The predicted molar refractivity (Wildman–Crippen MR) is 88.6 cm³/mol. The summed E-state index contributed by atoms with van der Waals surface area (Å²) >= 11 is 0. The van der Waals surface area contributed by atoms with E-state index in [4.69, 9.17) is 4.74 Å². The Kier molecular flexibility index (Phi) is 4.69. The van der Waals surface area contributed by atoms with E-state index in [0.29, 0.717) is 18.7 Å². The van der Waals surface area contributed by atoms with Gasteiger partial charge in [0.2, 0.25) is 0 Å². The number of nitrogens with zero attached hydrogens (tertiary/aromatic N) is 3. The number of benzene rings is 1. The maximum Gasteiger partial charge on any atom is 0.310 e. The molecule has 0 bridgehead atoms. The molecule has 0 unspecified atom stereocenters. The molecule has 1 aromatic carbocycles. The van der Waals surface area contributed by atoms with Gasteiger partial charge < -0.3 is 9.72 Å². The molecule has 0 fully saturated rings. The Labute approximate surface area is 139 Å². The second-order valence-corrected chi connectivity index (χ2v) is 5.41. The Morgan fingerprint density at radius 2 is 2.12 bits per heavy atom. The van der Waals surface area contributed by atoms with Crippen molar-refractivity contribution in [2.24, 2.45) is 5.10 Å². The average molecular weight is 326 g/mol. The zero-order valence-corrected chi connectivity index (χ0v) is 13.4. The van der Waals surface area contributed by atoms with Gasteiger partial charge in [0, 0.05) is 18.8 Å². The van der Waals surface area contributed by atoms with Gasteiger partial charge in [-0.3, -0.25) is 9.59 Å². The fraction of sp³-hybridized carbons (Fsp3) is 0.294. The molecule has 2 aromatic rings. The molecule has 3 rings (SSSR count). The summed E-state index contributed by atoms with van der Waals surface area (Å²) in [5.74, 6) is 0.448. The van der Waals surface area contributed by atoms with Crippen molar-refractivity contribution in [1.82, 2.24) is 9.97 Å². The lowest BCUT2D eigenvalue weighted by molar-refractivity contribution is -0.142. The number of aromatic amines is 1. The number of esters is 1. The maximum atomic E-state index is 12.2. The third-order valence-electron chi connectivity index (χ3n) is 3.59. The molecule has 1 N–H and O–H groups in total. The molecule has 2 heterocycles. The van der Waals surface area contributed by atoms with Crippen molar-refractivity contribution < 1.29 is 14.3 Å². The maximum absolute atomic E-state index is 12.2. The Morgan fingerprint density at radius 3 is 2.79 bits per heavy atom. The smallest absolute Gasteiger partial charge is 0.310 e. The van der Waals surface area contributed by atoms with E-state index < -0.39 is 0 Å². The number of hydrogen-bond acceptors (Lipinski definition) is 5. The van der Waals surface area contributed by atoms with Crippen LogP contribution in [0.5, 0.6) is 0 Å². The lowest BCUT2D eigenvalue weighted by Crippen LogP contribution is -2.19. The Balaban J connectivity index is 1.68. The van der Waals surface area contributed by atoms with Crippen molar-refractivity contribution >= 4 is 23.3 Å². The van der Waals surface area contributed by atoms with Crippen LogP contribution in [-0.4, -0.2) is 34.2 Å². The van der Waals surface area contributed by atoms with Gasteiger partial charge in [0.1, 0.15) is 5.82 Å². The van der Waals surface area contributed by atoms with E-state index in [1.165, 1.54) is 5.01 Å². The molecule has 7 nitrogen and oxygen atoms in total. The van der Waals surface area contributed by atoms with Gasteiger partial charge in [-0.15, -0.1) is 0 Å². The van der Waals surface area contributed by atoms with E-state index in [-0.39, 0.29) is 24.7 Å². The highest BCUT2D eigenvalue weighted by molar-refractivity contribution is 6.13. The summed E-state index contributed by atoms with van der Waals surface area (Å²) in [4.78, 5) is 30.8. The first-order chi connectivity index (χ1) is 11.7. The van der Waals surface area contributed by atoms with E-state index in [0.717, 1.165) is 17.1 Å². The molecule has 0 spiro atoms. The summed E-state index contributed by atoms with van der Waals surface area (Å²) in [6.07, 6.45) is 4.44. The molecule has 0 atom stereocenters. The van der Waals surface area contributed by atoms with Gasteiger partial charge in [0.25, 0.3) is 5.91 Å². The Bertz CT molecular complexity index is 751. The van der Waals surface area contributed by atoms with Gasteiger partial charge in [0.15, 0.2) is 0 Å². The van der Waals surface area contributed by atoms with Gasteiger partial charge in [-0.25, -0.2) is 9.99 Å². The van der Waals surface area contributed by atoms with Crippen LogP contribution in [0.1, 0.15) is 24.7 Å². The van der Waals surface area contributed by atoms with Crippen LogP contribution in [0.3, 0.4) is 0 Å². The molecule has 0 radical (unpaired) electrons. The van der Waals surface area contributed by atoms with E-state index in [1.54, 1.807) is 43.6 Å². The Morgan fingerprint density at radius 1 is 1.33 bits per heavy atom. The van der Waals surface area contributed by atoms with Crippen molar-refractivity contribution in [2.75, 3.05) is 11.6 Å². The monoisotopic (exact) mass is 326 g/mol. The standard InChI is InChI=1S/C17H18N4O3/c1-2-24-17(23)9-12-3-5-14(6-4-12)21-16(22)11-13(20-21)10-15-18-7-8-19-15/h3-8H,2,9-11H2,1H3,(H,18,19). The fourth-order valence-corrected chi connectivity index (χ4v) is 2.50. The van der Waals surface area contributed by atoms with Crippen LogP contribution >= 0.6 is 0 Å². The van der Waals surface area contributed by atoms with Crippen LogP contribution in [0, 0.1) is 0 Å². The molecular weight excluding hydrogens is 308 g/mol. The molecule has 1 aliphatic heterocycles. The molecule has 1 aromatic heterocycles. The van der Waals surface area contributed by atoms with Crippen molar-refractivity contribution in [1.29, 1.82) is 0 Å². The highest BCUT2D eigenvalue weighted by Gasteiger charge is 2.25. The number of carbonyl (C=O) groups excluding carboxylic acids is 2. The molecular formula is C17H18N4O3. The first kappa shape index (κ1) is 15.9. The Hall–Kier alpha value is -2.96. The van der Waals surface area contributed by atoms with Crippen LogP contribution in [0.25, 0.3) is 0 Å². The number of nitrogens with one attached hydrogen (secondary N) is 1. The zero-order valence-electron chi connectivity index (χ0n) is 13.4. The lowest BCUT2D eigenvalue weighted by atomic mass is 10.1. The third-order valence-corrected chi connectivity index (χ3v) is 3.59. The van der Waals surface area contributed by atoms with Crippen LogP contribution < -0.4 is 5.01 Å². The van der Waals surface area contributed by atoms with Gasteiger partial charge in [0.05, 0.1) is 30.8 Å². The summed E-state index contributed by atoms with van der Waals surface area (Å²) in [5.41, 5.74) is 2.29. The number of imidazole rings is 1. The van der Waals surface area contributed by atoms with Crippen LogP contribution in [0.15, 0.2) is 41.8 Å². The minimum atomic E-state index is -0.263. The van der Waals surface area contributed by atoms with Gasteiger partial charge in [-0.1, -0.05) is 12.1 Å². The van der Waals surface area contributed by atoms with Crippen LogP contribution in [-0.2, 0) is 27.2 Å². The molecule has 0 saturated carbocycles. The summed E-state index contributed by atoms with van der Waals surface area (Å²) in [7, 11) is 0.